The summed E-state index contributed by atoms with van der Waals surface area (Å²) in [5, 5.41) is 11.7. The van der Waals surface area contributed by atoms with Crippen molar-refractivity contribution < 1.29 is 9.53 Å². The molecular formula is C17H30O2Si. The summed E-state index contributed by atoms with van der Waals surface area (Å²) in [6.45, 7) is 17.3. The molecule has 114 valence electrons. The van der Waals surface area contributed by atoms with Crippen molar-refractivity contribution in [3.8, 4) is 5.75 Å². The molecule has 0 heterocycles. The van der Waals surface area contributed by atoms with Crippen molar-refractivity contribution in [2.45, 2.75) is 65.5 Å². The molecule has 0 aromatic heterocycles. The molecule has 0 saturated carbocycles. The van der Waals surface area contributed by atoms with Gasteiger partial charge in [-0.2, -0.15) is 0 Å². The summed E-state index contributed by atoms with van der Waals surface area (Å²) >= 11 is 0. The van der Waals surface area contributed by atoms with Crippen molar-refractivity contribution in [3.05, 3.63) is 23.3 Å². The third-order valence-electron chi connectivity index (χ3n) is 3.94. The lowest BCUT2D eigenvalue weighted by atomic mass is 9.80. The Balaban J connectivity index is 3.69. The largest absolute Gasteiger partial charge is 0.508 e. The van der Waals surface area contributed by atoms with Gasteiger partial charge in [0.2, 0.25) is 8.32 Å². The van der Waals surface area contributed by atoms with Crippen LogP contribution in [-0.4, -0.2) is 20.5 Å². The van der Waals surface area contributed by atoms with Crippen LogP contribution >= 0.6 is 0 Å². The lowest BCUT2D eigenvalue weighted by Gasteiger charge is -2.31. The minimum atomic E-state index is -2.07. The van der Waals surface area contributed by atoms with Gasteiger partial charge in [0.15, 0.2) is 0 Å². The smallest absolute Gasteiger partial charge is 0.221 e. The van der Waals surface area contributed by atoms with Gasteiger partial charge in [-0.05, 0) is 35.1 Å². The van der Waals surface area contributed by atoms with Gasteiger partial charge < -0.3 is 9.53 Å². The fraction of sp³-hybridized carbons (Fsp3) is 0.647. The first-order chi connectivity index (χ1) is 8.80. The molecule has 0 aliphatic heterocycles. The van der Waals surface area contributed by atoms with E-state index in [1.165, 1.54) is 5.56 Å². The fourth-order valence-electron chi connectivity index (χ4n) is 2.21. The summed E-state index contributed by atoms with van der Waals surface area (Å²) in [6, 6.07) is 4.29. The molecule has 0 saturated heterocycles. The maximum Gasteiger partial charge on any atom is 0.221 e. The molecule has 1 aromatic carbocycles. The average Bonchev–Trinajstić information content (AvgIpc) is 2.25. The molecule has 0 radical (unpaired) electrons. The Hall–Kier alpha value is -0.803. The summed E-state index contributed by atoms with van der Waals surface area (Å²) in [6.07, 6.45) is 0. The molecule has 0 aliphatic carbocycles. The average molecular weight is 295 g/mol. The van der Waals surface area contributed by atoms with Crippen LogP contribution in [0.2, 0.25) is 13.1 Å². The normalized spacial score (nSPS) is 13.7. The third-order valence-corrected chi connectivity index (χ3v) is 6.64. The minimum Gasteiger partial charge on any atom is -0.508 e. The SMILES string of the molecule is CO[Si](C)(C)c1cc(C(C)(C)C)cc(C(C)(C)C)c1O. The van der Waals surface area contributed by atoms with Crippen LogP contribution in [0.1, 0.15) is 52.7 Å². The molecule has 1 N–H and O–H groups in total. The topological polar surface area (TPSA) is 29.5 Å². The first-order valence-electron chi connectivity index (χ1n) is 7.24. The number of phenolic OH excluding ortho intramolecular Hbond substituents is 1. The molecule has 3 heteroatoms. The predicted molar refractivity (Wildman–Crippen MR) is 89.6 cm³/mol. The van der Waals surface area contributed by atoms with E-state index in [4.69, 9.17) is 4.43 Å². The Kier molecular flexibility index (Phi) is 4.48. The van der Waals surface area contributed by atoms with E-state index in [0.717, 1.165) is 10.8 Å². The van der Waals surface area contributed by atoms with Gasteiger partial charge >= 0.3 is 0 Å². The predicted octanol–water partition coefficient (Wildman–Crippen LogP) is 4.05. The van der Waals surface area contributed by atoms with Crippen LogP contribution in [0, 0.1) is 0 Å². The maximum atomic E-state index is 10.7. The summed E-state index contributed by atoms with van der Waals surface area (Å²) < 4.78 is 5.72. The minimum absolute atomic E-state index is 0.0562. The lowest BCUT2D eigenvalue weighted by Crippen LogP contribution is -2.45. The highest BCUT2D eigenvalue weighted by atomic mass is 28.4. The molecule has 0 bridgehead atoms. The van der Waals surface area contributed by atoms with Gasteiger partial charge in [-0.15, -0.1) is 0 Å². The second-order valence-electron chi connectivity index (χ2n) is 8.13. The molecule has 0 spiro atoms. The molecule has 0 amide bonds. The van der Waals surface area contributed by atoms with E-state index in [-0.39, 0.29) is 10.8 Å². The number of phenols is 1. The van der Waals surface area contributed by atoms with Gasteiger partial charge in [0.1, 0.15) is 5.75 Å². The van der Waals surface area contributed by atoms with Crippen molar-refractivity contribution in [2.24, 2.45) is 0 Å². The van der Waals surface area contributed by atoms with Gasteiger partial charge in [-0.25, -0.2) is 0 Å². The molecule has 1 rings (SSSR count). The van der Waals surface area contributed by atoms with Gasteiger partial charge in [0.05, 0.1) is 0 Å². The number of benzene rings is 1. The fourth-order valence-corrected chi connectivity index (χ4v) is 3.64. The van der Waals surface area contributed by atoms with Crippen molar-refractivity contribution in [2.75, 3.05) is 7.11 Å². The molecule has 1 aromatic rings. The zero-order valence-corrected chi connectivity index (χ0v) is 15.5. The Morgan fingerprint density at radius 3 is 1.80 bits per heavy atom. The third kappa shape index (κ3) is 3.44. The maximum absolute atomic E-state index is 10.7. The Morgan fingerprint density at radius 1 is 0.950 bits per heavy atom. The Morgan fingerprint density at radius 2 is 1.45 bits per heavy atom. The summed E-state index contributed by atoms with van der Waals surface area (Å²) in [5.41, 5.74) is 2.24. The van der Waals surface area contributed by atoms with Crippen molar-refractivity contribution in [1.82, 2.24) is 0 Å². The van der Waals surface area contributed by atoms with Gasteiger partial charge in [0, 0.05) is 12.3 Å². The van der Waals surface area contributed by atoms with Crippen LogP contribution in [0.4, 0.5) is 0 Å². The van der Waals surface area contributed by atoms with Crippen molar-refractivity contribution in [1.29, 1.82) is 0 Å². The molecule has 0 aliphatic rings. The number of hydrogen-bond donors (Lipinski definition) is 1. The standard InChI is InChI=1S/C17H30O2Si/c1-16(2,3)12-10-13(17(4,5)6)15(18)14(11-12)20(8,9)19-7/h10-11,18H,1-9H3. The number of hydrogen-bond acceptors (Lipinski definition) is 2. The van der Waals surface area contributed by atoms with E-state index in [1.54, 1.807) is 7.11 Å². The second-order valence-corrected chi connectivity index (χ2v) is 12.1. The summed E-state index contributed by atoms with van der Waals surface area (Å²) in [4.78, 5) is 0. The molecule has 0 fully saturated rings. The molecule has 2 nitrogen and oxygen atoms in total. The zero-order chi connectivity index (χ0) is 15.9. The van der Waals surface area contributed by atoms with Crippen LogP contribution < -0.4 is 5.19 Å². The number of rotatable bonds is 2. The highest BCUT2D eigenvalue weighted by Crippen LogP contribution is 2.35. The Bertz CT molecular complexity index is 491. The lowest BCUT2D eigenvalue weighted by molar-refractivity contribution is 0.410. The van der Waals surface area contributed by atoms with Gasteiger partial charge in [-0.1, -0.05) is 53.7 Å². The van der Waals surface area contributed by atoms with Crippen LogP contribution in [-0.2, 0) is 15.3 Å². The second kappa shape index (κ2) is 5.19. The van der Waals surface area contributed by atoms with Crippen LogP contribution in [0.15, 0.2) is 12.1 Å². The Labute approximate surface area is 125 Å². The molecule has 0 unspecified atom stereocenters. The van der Waals surface area contributed by atoms with Crippen molar-refractivity contribution in [3.63, 3.8) is 0 Å². The highest BCUT2D eigenvalue weighted by Gasteiger charge is 2.33. The number of aromatic hydroxyl groups is 1. The van der Waals surface area contributed by atoms with E-state index < -0.39 is 8.32 Å². The van der Waals surface area contributed by atoms with Gasteiger partial charge in [0.25, 0.3) is 0 Å². The van der Waals surface area contributed by atoms with Crippen LogP contribution in [0.3, 0.4) is 0 Å². The van der Waals surface area contributed by atoms with E-state index in [2.05, 4.69) is 66.8 Å². The van der Waals surface area contributed by atoms with E-state index in [0.29, 0.717) is 5.75 Å². The highest BCUT2D eigenvalue weighted by molar-refractivity contribution is 6.85. The van der Waals surface area contributed by atoms with Crippen LogP contribution in [0.25, 0.3) is 0 Å². The monoisotopic (exact) mass is 294 g/mol. The first kappa shape index (κ1) is 17.2. The molecular weight excluding hydrogens is 264 g/mol. The molecule has 0 atom stereocenters. The van der Waals surface area contributed by atoms with Crippen LogP contribution in [0.5, 0.6) is 5.75 Å². The quantitative estimate of drug-likeness (QED) is 0.834. The van der Waals surface area contributed by atoms with Crippen molar-refractivity contribution >= 4 is 13.5 Å². The van der Waals surface area contributed by atoms with E-state index in [9.17, 15) is 5.11 Å². The first-order valence-corrected chi connectivity index (χ1v) is 10.1. The summed E-state index contributed by atoms with van der Waals surface area (Å²) in [7, 11) is -0.326. The zero-order valence-electron chi connectivity index (χ0n) is 14.5. The molecule has 20 heavy (non-hydrogen) atoms. The summed E-state index contributed by atoms with van der Waals surface area (Å²) in [5.74, 6) is 0.420. The van der Waals surface area contributed by atoms with E-state index in [1.807, 2.05) is 0 Å². The van der Waals surface area contributed by atoms with E-state index >= 15 is 0 Å². The van der Waals surface area contributed by atoms with Gasteiger partial charge in [-0.3, -0.25) is 0 Å².